The van der Waals surface area contributed by atoms with Crippen LogP contribution < -0.4 is 0 Å². The lowest BCUT2D eigenvalue weighted by molar-refractivity contribution is 0.101. The minimum Gasteiger partial charge on any atom is -0.501 e. The van der Waals surface area contributed by atoms with Crippen molar-refractivity contribution in [3.05, 3.63) is 41.4 Å². The summed E-state index contributed by atoms with van der Waals surface area (Å²) in [6, 6.07) is 1.84. The molecule has 0 spiro atoms. The molecule has 0 saturated carbocycles. The summed E-state index contributed by atoms with van der Waals surface area (Å²) in [6.07, 6.45) is 6.60. The Kier molecular flexibility index (Phi) is 2.81. The second-order valence-corrected chi connectivity index (χ2v) is 3.64. The highest BCUT2D eigenvalue weighted by atomic mass is 16.5. The predicted octanol–water partition coefficient (Wildman–Crippen LogP) is 2.27. The summed E-state index contributed by atoms with van der Waals surface area (Å²) in [5, 5.41) is 0. The fourth-order valence-electron chi connectivity index (χ4n) is 1.61. The first-order chi connectivity index (χ1) is 7.29. The van der Waals surface area contributed by atoms with E-state index in [2.05, 4.69) is 4.98 Å². The number of allylic oxidation sites excluding steroid dienone is 1. The van der Waals surface area contributed by atoms with Crippen molar-refractivity contribution in [1.29, 1.82) is 0 Å². The Balaban J connectivity index is 2.28. The highest BCUT2D eigenvalue weighted by molar-refractivity contribution is 6.09. The number of Topliss-reactive ketones (excluding diaryl/α,β-unsaturated/α-hetero) is 1. The largest absolute Gasteiger partial charge is 0.501 e. The molecule has 2 rings (SSSR count). The number of hydrogen-bond donors (Lipinski definition) is 0. The number of ketones is 1. The fourth-order valence-corrected chi connectivity index (χ4v) is 1.61. The van der Waals surface area contributed by atoms with Gasteiger partial charge in [-0.05, 0) is 31.4 Å². The van der Waals surface area contributed by atoms with Gasteiger partial charge in [0.1, 0.15) is 0 Å². The molecule has 0 saturated heterocycles. The first-order valence-electron chi connectivity index (χ1n) is 5.05. The molecular weight excluding hydrogens is 190 g/mol. The van der Waals surface area contributed by atoms with Crippen LogP contribution in [-0.4, -0.2) is 17.4 Å². The highest BCUT2D eigenvalue weighted by Gasteiger charge is 2.16. The van der Waals surface area contributed by atoms with Crippen LogP contribution in [0.15, 0.2) is 30.3 Å². The Morgan fingerprint density at radius 2 is 2.40 bits per heavy atom. The number of pyridine rings is 1. The van der Waals surface area contributed by atoms with E-state index in [0.29, 0.717) is 12.2 Å². The smallest absolute Gasteiger partial charge is 0.193 e. The maximum atomic E-state index is 12.0. The fraction of sp³-hybridized carbons (Fsp3) is 0.333. The quantitative estimate of drug-likeness (QED) is 0.692. The molecule has 1 aliphatic heterocycles. The van der Waals surface area contributed by atoms with Crippen LogP contribution >= 0.6 is 0 Å². The summed E-state index contributed by atoms with van der Waals surface area (Å²) in [4.78, 5) is 16.0. The van der Waals surface area contributed by atoms with Gasteiger partial charge in [0.05, 0.1) is 12.9 Å². The van der Waals surface area contributed by atoms with Gasteiger partial charge in [-0.3, -0.25) is 9.78 Å². The molecule has 3 nitrogen and oxygen atoms in total. The van der Waals surface area contributed by atoms with Gasteiger partial charge < -0.3 is 4.74 Å². The van der Waals surface area contributed by atoms with Crippen LogP contribution in [0.1, 0.15) is 28.8 Å². The predicted molar refractivity (Wildman–Crippen MR) is 56.6 cm³/mol. The second kappa shape index (κ2) is 4.26. The van der Waals surface area contributed by atoms with Gasteiger partial charge in [-0.15, -0.1) is 0 Å². The standard InChI is InChI=1S/C12H13NO2/c1-9-4-5-13-7-11(9)12(14)10-3-2-6-15-8-10/h4-5,7-8H,2-3,6H2,1H3. The molecular formula is C12H13NO2. The maximum absolute atomic E-state index is 12.0. The van der Waals surface area contributed by atoms with E-state index in [1.165, 1.54) is 0 Å². The first-order valence-corrected chi connectivity index (χ1v) is 5.05. The van der Waals surface area contributed by atoms with E-state index in [4.69, 9.17) is 4.74 Å². The molecule has 0 N–H and O–H groups in total. The third kappa shape index (κ3) is 2.06. The van der Waals surface area contributed by atoms with Gasteiger partial charge in [0.15, 0.2) is 5.78 Å². The zero-order chi connectivity index (χ0) is 10.7. The number of aromatic nitrogens is 1. The molecule has 0 aromatic carbocycles. The van der Waals surface area contributed by atoms with Gasteiger partial charge in [-0.1, -0.05) is 0 Å². The van der Waals surface area contributed by atoms with Crippen molar-refractivity contribution in [3.8, 4) is 0 Å². The van der Waals surface area contributed by atoms with Crippen LogP contribution in [0.25, 0.3) is 0 Å². The molecule has 0 amide bonds. The minimum absolute atomic E-state index is 0.0419. The average molecular weight is 203 g/mol. The molecule has 1 aromatic heterocycles. The number of ether oxygens (including phenoxy) is 1. The van der Waals surface area contributed by atoms with Crippen molar-refractivity contribution in [2.24, 2.45) is 0 Å². The van der Waals surface area contributed by atoms with Gasteiger partial charge in [0, 0.05) is 23.5 Å². The number of carbonyl (C=O) groups is 1. The number of nitrogens with zero attached hydrogens (tertiary/aromatic N) is 1. The van der Waals surface area contributed by atoms with Gasteiger partial charge in [-0.2, -0.15) is 0 Å². The van der Waals surface area contributed by atoms with Crippen molar-refractivity contribution >= 4 is 5.78 Å². The number of rotatable bonds is 2. The van der Waals surface area contributed by atoms with Crippen LogP contribution in [0.4, 0.5) is 0 Å². The zero-order valence-corrected chi connectivity index (χ0v) is 8.69. The van der Waals surface area contributed by atoms with Gasteiger partial charge in [-0.25, -0.2) is 0 Å². The Morgan fingerprint density at radius 1 is 1.53 bits per heavy atom. The summed E-state index contributed by atoms with van der Waals surface area (Å²) in [7, 11) is 0. The number of hydrogen-bond acceptors (Lipinski definition) is 3. The van der Waals surface area contributed by atoms with E-state index in [-0.39, 0.29) is 5.78 Å². The molecule has 15 heavy (non-hydrogen) atoms. The Morgan fingerprint density at radius 3 is 3.07 bits per heavy atom. The van der Waals surface area contributed by atoms with Gasteiger partial charge in [0.2, 0.25) is 0 Å². The van der Waals surface area contributed by atoms with Crippen molar-refractivity contribution in [2.75, 3.05) is 6.61 Å². The number of carbonyl (C=O) groups excluding carboxylic acids is 1. The van der Waals surface area contributed by atoms with E-state index >= 15 is 0 Å². The lowest BCUT2D eigenvalue weighted by Gasteiger charge is -2.13. The van der Waals surface area contributed by atoms with Crippen LogP contribution in [0.2, 0.25) is 0 Å². The maximum Gasteiger partial charge on any atom is 0.193 e. The molecule has 0 bridgehead atoms. The molecule has 0 fully saturated rings. The number of aryl methyl sites for hydroxylation is 1. The van der Waals surface area contributed by atoms with Crippen LogP contribution in [-0.2, 0) is 4.74 Å². The van der Waals surface area contributed by atoms with Crippen LogP contribution in [0, 0.1) is 6.92 Å². The van der Waals surface area contributed by atoms with E-state index < -0.39 is 0 Å². The molecule has 0 radical (unpaired) electrons. The summed E-state index contributed by atoms with van der Waals surface area (Å²) in [6.45, 7) is 2.63. The molecule has 1 aliphatic rings. The van der Waals surface area contributed by atoms with E-state index in [9.17, 15) is 4.79 Å². The third-order valence-corrected chi connectivity index (χ3v) is 2.51. The van der Waals surface area contributed by atoms with Crippen molar-refractivity contribution in [2.45, 2.75) is 19.8 Å². The molecule has 0 aliphatic carbocycles. The zero-order valence-electron chi connectivity index (χ0n) is 8.69. The van der Waals surface area contributed by atoms with Crippen LogP contribution in [0.3, 0.4) is 0 Å². The molecule has 1 aromatic rings. The van der Waals surface area contributed by atoms with E-state index in [1.807, 2.05) is 13.0 Å². The van der Waals surface area contributed by atoms with E-state index in [0.717, 1.165) is 24.0 Å². The van der Waals surface area contributed by atoms with Crippen LogP contribution in [0.5, 0.6) is 0 Å². The SMILES string of the molecule is Cc1ccncc1C(=O)C1=COCCC1. The highest BCUT2D eigenvalue weighted by Crippen LogP contribution is 2.18. The summed E-state index contributed by atoms with van der Waals surface area (Å²) in [5.41, 5.74) is 2.38. The van der Waals surface area contributed by atoms with E-state index in [1.54, 1.807) is 18.7 Å². The summed E-state index contributed by atoms with van der Waals surface area (Å²) >= 11 is 0. The molecule has 0 atom stereocenters. The Hall–Kier alpha value is -1.64. The topological polar surface area (TPSA) is 39.2 Å². The summed E-state index contributed by atoms with van der Waals surface area (Å²) < 4.78 is 5.16. The summed E-state index contributed by atoms with van der Waals surface area (Å²) in [5.74, 6) is 0.0419. The molecule has 0 unspecified atom stereocenters. The second-order valence-electron chi connectivity index (χ2n) is 3.64. The van der Waals surface area contributed by atoms with Crippen molar-refractivity contribution in [3.63, 3.8) is 0 Å². The lowest BCUT2D eigenvalue weighted by Crippen LogP contribution is -2.10. The first kappa shape index (κ1) is 9.90. The molecule has 3 heteroatoms. The third-order valence-electron chi connectivity index (χ3n) is 2.51. The normalized spacial score (nSPS) is 15.4. The van der Waals surface area contributed by atoms with Crippen molar-refractivity contribution < 1.29 is 9.53 Å². The molecule has 78 valence electrons. The Bertz CT molecular complexity index is 410. The lowest BCUT2D eigenvalue weighted by atomic mass is 9.98. The monoisotopic (exact) mass is 203 g/mol. The molecule has 2 heterocycles. The average Bonchev–Trinajstić information content (AvgIpc) is 2.30. The van der Waals surface area contributed by atoms with Gasteiger partial charge in [0.25, 0.3) is 0 Å². The Labute approximate surface area is 88.8 Å². The van der Waals surface area contributed by atoms with Crippen molar-refractivity contribution in [1.82, 2.24) is 4.98 Å². The van der Waals surface area contributed by atoms with Gasteiger partial charge >= 0.3 is 0 Å². The minimum atomic E-state index is 0.0419.